The Kier molecular flexibility index (Phi) is 3.38. The third-order valence-electron chi connectivity index (χ3n) is 3.00. The molecule has 17 heavy (non-hydrogen) atoms. The standard InChI is InChI=1S/C12H14F2N2O/c13-8-1-2-10(11(14)5-8)12(17)16-6-7-3-9(15)4-7/h1-2,5,7,9H,3-4,6,15H2,(H,16,17). The molecule has 1 amide bonds. The van der Waals surface area contributed by atoms with Gasteiger partial charge in [-0.15, -0.1) is 0 Å². The fraction of sp³-hybridized carbons (Fsp3) is 0.417. The molecule has 0 spiro atoms. The summed E-state index contributed by atoms with van der Waals surface area (Å²) < 4.78 is 25.9. The summed E-state index contributed by atoms with van der Waals surface area (Å²) in [5, 5.41) is 2.62. The predicted molar refractivity (Wildman–Crippen MR) is 59.4 cm³/mol. The van der Waals surface area contributed by atoms with Gasteiger partial charge in [0.25, 0.3) is 5.91 Å². The van der Waals surface area contributed by atoms with Crippen molar-refractivity contribution in [3.05, 3.63) is 35.4 Å². The molecule has 1 aliphatic rings. The molecule has 0 aromatic heterocycles. The van der Waals surface area contributed by atoms with Gasteiger partial charge in [0.1, 0.15) is 11.6 Å². The number of benzene rings is 1. The highest BCUT2D eigenvalue weighted by Gasteiger charge is 2.26. The first kappa shape index (κ1) is 12.0. The molecular weight excluding hydrogens is 226 g/mol. The molecule has 1 fully saturated rings. The van der Waals surface area contributed by atoms with Gasteiger partial charge in [0.05, 0.1) is 5.56 Å². The summed E-state index contributed by atoms with van der Waals surface area (Å²) in [7, 11) is 0. The molecule has 3 nitrogen and oxygen atoms in total. The van der Waals surface area contributed by atoms with Crippen molar-refractivity contribution in [2.45, 2.75) is 18.9 Å². The minimum Gasteiger partial charge on any atom is -0.352 e. The Labute approximate surface area is 98.0 Å². The lowest BCUT2D eigenvalue weighted by molar-refractivity contribution is 0.0931. The summed E-state index contributed by atoms with van der Waals surface area (Å²) in [6.07, 6.45) is 1.76. The number of rotatable bonds is 3. The van der Waals surface area contributed by atoms with E-state index in [4.69, 9.17) is 5.73 Å². The highest BCUT2D eigenvalue weighted by molar-refractivity contribution is 5.94. The molecule has 0 atom stereocenters. The molecule has 0 unspecified atom stereocenters. The number of hydrogen-bond donors (Lipinski definition) is 2. The Bertz CT molecular complexity index is 431. The van der Waals surface area contributed by atoms with E-state index in [1.54, 1.807) is 0 Å². The lowest BCUT2D eigenvalue weighted by atomic mass is 9.81. The Balaban J connectivity index is 1.91. The molecule has 0 heterocycles. The number of carbonyl (C=O) groups is 1. The van der Waals surface area contributed by atoms with Gasteiger partial charge >= 0.3 is 0 Å². The monoisotopic (exact) mass is 240 g/mol. The van der Waals surface area contributed by atoms with Crippen LogP contribution in [0.5, 0.6) is 0 Å². The van der Waals surface area contributed by atoms with Gasteiger partial charge < -0.3 is 11.1 Å². The molecule has 2 rings (SSSR count). The van der Waals surface area contributed by atoms with Gasteiger partial charge in [-0.1, -0.05) is 0 Å². The zero-order valence-corrected chi connectivity index (χ0v) is 9.25. The third kappa shape index (κ3) is 2.79. The van der Waals surface area contributed by atoms with Gasteiger partial charge in [-0.05, 0) is 30.9 Å². The third-order valence-corrected chi connectivity index (χ3v) is 3.00. The van der Waals surface area contributed by atoms with Crippen LogP contribution < -0.4 is 11.1 Å². The van der Waals surface area contributed by atoms with Crippen LogP contribution in [0.15, 0.2) is 18.2 Å². The predicted octanol–water partition coefficient (Wildman–Crippen LogP) is 1.43. The van der Waals surface area contributed by atoms with Crippen LogP contribution in [-0.2, 0) is 0 Å². The van der Waals surface area contributed by atoms with Crippen molar-refractivity contribution >= 4 is 5.91 Å². The second-order valence-electron chi connectivity index (χ2n) is 4.43. The van der Waals surface area contributed by atoms with Crippen molar-refractivity contribution in [2.75, 3.05) is 6.54 Å². The van der Waals surface area contributed by atoms with Gasteiger partial charge in [-0.25, -0.2) is 8.78 Å². The van der Waals surface area contributed by atoms with Crippen molar-refractivity contribution in [3.8, 4) is 0 Å². The van der Waals surface area contributed by atoms with Crippen LogP contribution >= 0.6 is 0 Å². The van der Waals surface area contributed by atoms with Crippen LogP contribution in [0.3, 0.4) is 0 Å². The average Bonchev–Trinajstić information content (AvgIpc) is 2.22. The second kappa shape index (κ2) is 4.79. The highest BCUT2D eigenvalue weighted by Crippen LogP contribution is 2.24. The van der Waals surface area contributed by atoms with E-state index < -0.39 is 17.5 Å². The van der Waals surface area contributed by atoms with E-state index in [0.29, 0.717) is 18.5 Å². The lowest BCUT2D eigenvalue weighted by Gasteiger charge is -2.32. The maximum atomic E-state index is 13.3. The topological polar surface area (TPSA) is 55.1 Å². The Morgan fingerprint density at radius 2 is 2.12 bits per heavy atom. The average molecular weight is 240 g/mol. The molecule has 3 N–H and O–H groups in total. The van der Waals surface area contributed by atoms with Crippen LogP contribution in [0.1, 0.15) is 23.2 Å². The van der Waals surface area contributed by atoms with E-state index in [9.17, 15) is 13.6 Å². The molecule has 5 heteroatoms. The number of nitrogens with two attached hydrogens (primary N) is 1. The second-order valence-corrected chi connectivity index (χ2v) is 4.43. The Morgan fingerprint density at radius 1 is 1.41 bits per heavy atom. The molecule has 1 aliphatic carbocycles. The maximum absolute atomic E-state index is 13.3. The number of amides is 1. The molecule has 1 saturated carbocycles. The van der Waals surface area contributed by atoms with Crippen LogP contribution in [0.4, 0.5) is 8.78 Å². The molecule has 1 aromatic carbocycles. The first-order valence-electron chi connectivity index (χ1n) is 5.55. The SMILES string of the molecule is NC1CC(CNC(=O)c2ccc(F)cc2F)C1. The molecule has 0 saturated heterocycles. The minimum atomic E-state index is -0.840. The van der Waals surface area contributed by atoms with Crippen LogP contribution in [0.25, 0.3) is 0 Å². The van der Waals surface area contributed by atoms with Gasteiger partial charge in [-0.3, -0.25) is 4.79 Å². The number of hydrogen-bond acceptors (Lipinski definition) is 2. The number of halogens is 2. The quantitative estimate of drug-likeness (QED) is 0.839. The zero-order chi connectivity index (χ0) is 12.4. The van der Waals surface area contributed by atoms with Crippen LogP contribution in [-0.4, -0.2) is 18.5 Å². The zero-order valence-electron chi connectivity index (χ0n) is 9.25. The number of carbonyl (C=O) groups excluding carboxylic acids is 1. The summed E-state index contributed by atoms with van der Waals surface area (Å²) in [6, 6.07) is 3.14. The normalized spacial score (nSPS) is 23.0. The molecule has 0 radical (unpaired) electrons. The fourth-order valence-electron chi connectivity index (χ4n) is 1.96. The molecule has 1 aromatic rings. The largest absolute Gasteiger partial charge is 0.352 e. The maximum Gasteiger partial charge on any atom is 0.254 e. The Hall–Kier alpha value is -1.49. The fourth-order valence-corrected chi connectivity index (χ4v) is 1.96. The van der Waals surface area contributed by atoms with E-state index in [1.807, 2.05) is 0 Å². The van der Waals surface area contributed by atoms with E-state index in [1.165, 1.54) is 0 Å². The van der Waals surface area contributed by atoms with E-state index in [-0.39, 0.29) is 11.6 Å². The first-order valence-corrected chi connectivity index (χ1v) is 5.55. The van der Waals surface area contributed by atoms with Crippen LogP contribution in [0.2, 0.25) is 0 Å². The molecule has 92 valence electrons. The highest BCUT2D eigenvalue weighted by atomic mass is 19.1. The summed E-state index contributed by atoms with van der Waals surface area (Å²) in [5.74, 6) is -1.67. The summed E-state index contributed by atoms with van der Waals surface area (Å²) in [5.41, 5.74) is 5.48. The van der Waals surface area contributed by atoms with Crippen molar-refractivity contribution in [3.63, 3.8) is 0 Å². The Morgan fingerprint density at radius 3 is 2.71 bits per heavy atom. The van der Waals surface area contributed by atoms with Gasteiger partial charge in [0.2, 0.25) is 0 Å². The van der Waals surface area contributed by atoms with Crippen molar-refractivity contribution in [1.29, 1.82) is 0 Å². The molecule has 0 aliphatic heterocycles. The van der Waals surface area contributed by atoms with Crippen molar-refractivity contribution in [2.24, 2.45) is 11.7 Å². The molecule has 0 bridgehead atoms. The first-order chi connectivity index (χ1) is 8.06. The number of nitrogens with one attached hydrogen (secondary N) is 1. The smallest absolute Gasteiger partial charge is 0.254 e. The van der Waals surface area contributed by atoms with E-state index in [2.05, 4.69) is 5.32 Å². The minimum absolute atomic E-state index is 0.130. The lowest BCUT2D eigenvalue weighted by Crippen LogP contribution is -2.42. The molecular formula is C12H14F2N2O. The van der Waals surface area contributed by atoms with Gasteiger partial charge in [0, 0.05) is 18.7 Å². The summed E-state index contributed by atoms with van der Waals surface area (Å²) in [4.78, 5) is 11.6. The summed E-state index contributed by atoms with van der Waals surface area (Å²) in [6.45, 7) is 0.489. The van der Waals surface area contributed by atoms with Crippen molar-refractivity contribution < 1.29 is 13.6 Å². The van der Waals surface area contributed by atoms with E-state index in [0.717, 1.165) is 25.0 Å². The van der Waals surface area contributed by atoms with E-state index >= 15 is 0 Å². The van der Waals surface area contributed by atoms with Gasteiger partial charge in [-0.2, -0.15) is 0 Å². The van der Waals surface area contributed by atoms with Crippen LogP contribution in [0, 0.1) is 17.6 Å². The van der Waals surface area contributed by atoms with Gasteiger partial charge in [0.15, 0.2) is 0 Å². The summed E-state index contributed by atoms with van der Waals surface area (Å²) >= 11 is 0. The van der Waals surface area contributed by atoms with Crippen molar-refractivity contribution in [1.82, 2.24) is 5.32 Å².